The Morgan fingerprint density at radius 1 is 1.25 bits per heavy atom. The standard InChI is InChI=1S/C18H16BrN3O2/c1-12-7-14(19)4-5-17(12)22-15-8-13(9-20-10-15)18(23)21-11-16-3-2-6-24-16/h2-10,22H,11H2,1H3,(H,21,23). The molecule has 24 heavy (non-hydrogen) atoms. The number of furan rings is 1. The highest BCUT2D eigenvalue weighted by atomic mass is 79.9. The summed E-state index contributed by atoms with van der Waals surface area (Å²) in [4.78, 5) is 16.4. The van der Waals surface area contributed by atoms with Gasteiger partial charge in [0.2, 0.25) is 0 Å². The highest BCUT2D eigenvalue weighted by Crippen LogP contribution is 2.23. The van der Waals surface area contributed by atoms with E-state index in [-0.39, 0.29) is 5.91 Å². The quantitative estimate of drug-likeness (QED) is 0.681. The predicted molar refractivity (Wildman–Crippen MR) is 96.3 cm³/mol. The number of benzene rings is 1. The van der Waals surface area contributed by atoms with Gasteiger partial charge in [-0.15, -0.1) is 0 Å². The number of aromatic nitrogens is 1. The molecule has 3 aromatic rings. The monoisotopic (exact) mass is 385 g/mol. The number of aryl methyl sites for hydroxylation is 1. The van der Waals surface area contributed by atoms with Crippen LogP contribution in [0.2, 0.25) is 0 Å². The van der Waals surface area contributed by atoms with Crippen LogP contribution in [0.25, 0.3) is 0 Å². The van der Waals surface area contributed by atoms with Crippen molar-refractivity contribution < 1.29 is 9.21 Å². The Morgan fingerprint density at radius 2 is 2.12 bits per heavy atom. The van der Waals surface area contributed by atoms with Crippen LogP contribution in [0, 0.1) is 6.92 Å². The molecule has 2 N–H and O–H groups in total. The average Bonchev–Trinajstić information content (AvgIpc) is 3.09. The number of pyridine rings is 1. The van der Waals surface area contributed by atoms with Crippen LogP contribution in [0.15, 0.2) is 63.9 Å². The van der Waals surface area contributed by atoms with Gasteiger partial charge in [-0.3, -0.25) is 9.78 Å². The zero-order valence-electron chi connectivity index (χ0n) is 13.0. The SMILES string of the molecule is Cc1cc(Br)ccc1Nc1cncc(C(=O)NCc2ccco2)c1. The summed E-state index contributed by atoms with van der Waals surface area (Å²) in [6.07, 6.45) is 4.80. The fraction of sp³-hybridized carbons (Fsp3) is 0.111. The lowest BCUT2D eigenvalue weighted by Gasteiger charge is -2.11. The van der Waals surface area contributed by atoms with Crippen molar-refractivity contribution in [2.75, 3.05) is 5.32 Å². The van der Waals surface area contributed by atoms with Crippen LogP contribution in [-0.4, -0.2) is 10.9 Å². The molecular weight excluding hydrogens is 370 g/mol. The first-order valence-corrected chi connectivity index (χ1v) is 8.20. The number of rotatable bonds is 5. The molecule has 5 nitrogen and oxygen atoms in total. The van der Waals surface area contributed by atoms with Gasteiger partial charge < -0.3 is 15.1 Å². The van der Waals surface area contributed by atoms with Gasteiger partial charge in [0.25, 0.3) is 5.91 Å². The molecule has 0 fully saturated rings. The van der Waals surface area contributed by atoms with Gasteiger partial charge in [-0.1, -0.05) is 15.9 Å². The van der Waals surface area contributed by atoms with Crippen LogP contribution in [0.4, 0.5) is 11.4 Å². The lowest BCUT2D eigenvalue weighted by Crippen LogP contribution is -2.22. The van der Waals surface area contributed by atoms with Crippen molar-refractivity contribution in [2.24, 2.45) is 0 Å². The van der Waals surface area contributed by atoms with E-state index in [1.54, 1.807) is 24.6 Å². The van der Waals surface area contributed by atoms with Crippen LogP contribution in [0.3, 0.4) is 0 Å². The molecule has 3 rings (SSSR count). The zero-order valence-corrected chi connectivity index (χ0v) is 14.6. The van der Waals surface area contributed by atoms with Crippen molar-refractivity contribution in [3.63, 3.8) is 0 Å². The maximum atomic E-state index is 12.2. The minimum Gasteiger partial charge on any atom is -0.467 e. The first-order valence-electron chi connectivity index (χ1n) is 7.40. The lowest BCUT2D eigenvalue weighted by atomic mass is 10.2. The van der Waals surface area contributed by atoms with Gasteiger partial charge in [0, 0.05) is 16.4 Å². The second-order valence-electron chi connectivity index (χ2n) is 5.31. The van der Waals surface area contributed by atoms with Crippen molar-refractivity contribution in [3.05, 3.63) is 76.4 Å². The molecule has 0 saturated carbocycles. The number of nitrogens with one attached hydrogen (secondary N) is 2. The summed E-state index contributed by atoms with van der Waals surface area (Å²) in [6, 6.07) is 11.3. The molecule has 0 aliphatic heterocycles. The van der Waals surface area contributed by atoms with Gasteiger partial charge in [-0.25, -0.2) is 0 Å². The normalized spacial score (nSPS) is 10.4. The van der Waals surface area contributed by atoms with Crippen molar-refractivity contribution >= 4 is 33.2 Å². The van der Waals surface area contributed by atoms with E-state index in [4.69, 9.17) is 4.42 Å². The number of amides is 1. The minimum absolute atomic E-state index is 0.199. The summed E-state index contributed by atoms with van der Waals surface area (Å²) in [5, 5.41) is 6.09. The summed E-state index contributed by atoms with van der Waals surface area (Å²) in [7, 11) is 0. The van der Waals surface area contributed by atoms with Crippen molar-refractivity contribution in [1.82, 2.24) is 10.3 Å². The Morgan fingerprint density at radius 3 is 2.88 bits per heavy atom. The minimum atomic E-state index is -0.199. The first-order chi connectivity index (χ1) is 11.6. The number of hydrogen-bond acceptors (Lipinski definition) is 4. The van der Waals surface area contributed by atoms with Gasteiger partial charge in [0.15, 0.2) is 0 Å². The molecule has 2 aromatic heterocycles. The largest absolute Gasteiger partial charge is 0.467 e. The molecule has 0 aliphatic rings. The summed E-state index contributed by atoms with van der Waals surface area (Å²) in [5.41, 5.74) is 3.30. The molecule has 6 heteroatoms. The Bertz CT molecular complexity index is 847. The topological polar surface area (TPSA) is 67.2 Å². The van der Waals surface area contributed by atoms with E-state index < -0.39 is 0 Å². The van der Waals surface area contributed by atoms with Crippen LogP contribution >= 0.6 is 15.9 Å². The van der Waals surface area contributed by atoms with E-state index in [0.717, 1.165) is 21.4 Å². The van der Waals surface area contributed by atoms with Gasteiger partial charge in [0.05, 0.1) is 30.3 Å². The molecule has 0 bridgehead atoms. The summed E-state index contributed by atoms with van der Waals surface area (Å²) < 4.78 is 6.22. The van der Waals surface area contributed by atoms with Crippen molar-refractivity contribution in [1.29, 1.82) is 0 Å². The third-order valence-electron chi connectivity index (χ3n) is 3.47. The Hall–Kier alpha value is -2.60. The van der Waals surface area contributed by atoms with Crippen molar-refractivity contribution in [2.45, 2.75) is 13.5 Å². The van der Waals surface area contributed by atoms with Crippen LogP contribution in [0.5, 0.6) is 0 Å². The number of carbonyl (C=O) groups excluding carboxylic acids is 1. The number of nitrogens with zero attached hydrogens (tertiary/aromatic N) is 1. The van der Waals surface area contributed by atoms with Crippen molar-refractivity contribution in [3.8, 4) is 0 Å². The lowest BCUT2D eigenvalue weighted by molar-refractivity contribution is 0.0947. The molecule has 0 aliphatic carbocycles. The van der Waals surface area contributed by atoms with Gasteiger partial charge in [0.1, 0.15) is 5.76 Å². The molecule has 0 radical (unpaired) electrons. The van der Waals surface area contributed by atoms with Crippen LogP contribution in [-0.2, 0) is 6.54 Å². The van der Waals surface area contributed by atoms with E-state index in [1.165, 1.54) is 6.20 Å². The van der Waals surface area contributed by atoms with E-state index in [0.29, 0.717) is 17.9 Å². The van der Waals surface area contributed by atoms with Gasteiger partial charge in [-0.05, 0) is 48.9 Å². The summed E-state index contributed by atoms with van der Waals surface area (Å²) in [5.74, 6) is 0.506. The Labute approximate surface area is 148 Å². The second-order valence-corrected chi connectivity index (χ2v) is 6.22. The fourth-order valence-electron chi connectivity index (χ4n) is 2.24. The predicted octanol–water partition coefficient (Wildman–Crippen LogP) is 4.42. The third-order valence-corrected chi connectivity index (χ3v) is 3.96. The number of carbonyl (C=O) groups is 1. The molecule has 1 aromatic carbocycles. The maximum Gasteiger partial charge on any atom is 0.253 e. The highest BCUT2D eigenvalue weighted by molar-refractivity contribution is 9.10. The first kappa shape index (κ1) is 16.3. The molecule has 2 heterocycles. The Balaban J connectivity index is 1.70. The second kappa shape index (κ2) is 7.31. The van der Waals surface area contributed by atoms with E-state index in [1.807, 2.05) is 31.2 Å². The molecule has 1 amide bonds. The number of halogens is 1. The molecule has 0 atom stereocenters. The van der Waals surface area contributed by atoms with E-state index >= 15 is 0 Å². The van der Waals surface area contributed by atoms with Gasteiger partial charge >= 0.3 is 0 Å². The average molecular weight is 386 g/mol. The zero-order chi connectivity index (χ0) is 16.9. The molecule has 0 spiro atoms. The molecule has 122 valence electrons. The third kappa shape index (κ3) is 4.02. The van der Waals surface area contributed by atoms with E-state index in [9.17, 15) is 4.79 Å². The van der Waals surface area contributed by atoms with Gasteiger partial charge in [-0.2, -0.15) is 0 Å². The molecule has 0 saturated heterocycles. The summed E-state index contributed by atoms with van der Waals surface area (Å²) in [6.45, 7) is 2.36. The van der Waals surface area contributed by atoms with E-state index in [2.05, 4.69) is 31.5 Å². The number of anilines is 2. The molecular formula is C18H16BrN3O2. The van der Waals surface area contributed by atoms with Crippen LogP contribution in [0.1, 0.15) is 21.7 Å². The molecule has 0 unspecified atom stereocenters. The summed E-state index contributed by atoms with van der Waals surface area (Å²) >= 11 is 3.45. The highest BCUT2D eigenvalue weighted by Gasteiger charge is 2.08. The maximum absolute atomic E-state index is 12.2. The number of hydrogen-bond donors (Lipinski definition) is 2. The smallest absolute Gasteiger partial charge is 0.253 e. The Kier molecular flexibility index (Phi) is 4.96. The van der Waals surface area contributed by atoms with Crippen LogP contribution < -0.4 is 10.6 Å². The fourth-order valence-corrected chi connectivity index (χ4v) is 2.71.